The van der Waals surface area contributed by atoms with E-state index >= 15 is 0 Å². The highest BCUT2D eigenvalue weighted by atomic mass is 16.7. The molecule has 0 spiro atoms. The van der Waals surface area contributed by atoms with Crippen LogP contribution in [0.3, 0.4) is 0 Å². The number of para-hydroxylation sites is 1. The summed E-state index contributed by atoms with van der Waals surface area (Å²) < 4.78 is 10.7. The summed E-state index contributed by atoms with van der Waals surface area (Å²) in [4.78, 5) is 21.1. The Morgan fingerprint density at radius 3 is 2.69 bits per heavy atom. The van der Waals surface area contributed by atoms with Gasteiger partial charge in [0.1, 0.15) is 0 Å². The third-order valence-corrected chi connectivity index (χ3v) is 4.78. The van der Waals surface area contributed by atoms with Gasteiger partial charge in [0.15, 0.2) is 11.5 Å². The van der Waals surface area contributed by atoms with Crippen LogP contribution in [0.2, 0.25) is 0 Å². The number of hydrogen-bond donors (Lipinski definition) is 2. The zero-order chi connectivity index (χ0) is 20.2. The van der Waals surface area contributed by atoms with Crippen molar-refractivity contribution in [2.75, 3.05) is 17.4 Å². The van der Waals surface area contributed by atoms with Crippen LogP contribution in [0.25, 0.3) is 0 Å². The molecule has 0 radical (unpaired) electrons. The number of benzene rings is 2. The van der Waals surface area contributed by atoms with Crippen LogP contribution in [0, 0.1) is 6.92 Å². The van der Waals surface area contributed by atoms with Crippen LogP contribution in [0.4, 0.5) is 11.6 Å². The molecule has 29 heavy (non-hydrogen) atoms. The van der Waals surface area contributed by atoms with Gasteiger partial charge in [0.25, 0.3) is 5.91 Å². The van der Waals surface area contributed by atoms with E-state index in [9.17, 15) is 4.79 Å². The zero-order valence-electron chi connectivity index (χ0n) is 16.4. The molecule has 0 bridgehead atoms. The van der Waals surface area contributed by atoms with E-state index in [2.05, 4.69) is 27.5 Å². The predicted octanol–water partition coefficient (Wildman–Crippen LogP) is 3.94. The number of fused-ring (bicyclic) bond motifs is 1. The molecule has 0 atom stereocenters. The number of rotatable bonds is 6. The van der Waals surface area contributed by atoms with E-state index in [1.54, 1.807) is 0 Å². The number of nitrogens with zero attached hydrogens (tertiary/aromatic N) is 2. The van der Waals surface area contributed by atoms with Crippen LogP contribution in [0.15, 0.2) is 48.8 Å². The molecule has 1 amide bonds. The molecule has 0 fully saturated rings. The minimum absolute atomic E-state index is 0.226. The third-order valence-electron chi connectivity index (χ3n) is 4.78. The fraction of sp³-hybridized carbons (Fsp3) is 0.227. The van der Waals surface area contributed by atoms with Crippen LogP contribution in [-0.4, -0.2) is 22.7 Å². The van der Waals surface area contributed by atoms with Crippen molar-refractivity contribution in [1.82, 2.24) is 9.97 Å². The fourth-order valence-corrected chi connectivity index (χ4v) is 3.16. The molecule has 0 saturated heterocycles. The summed E-state index contributed by atoms with van der Waals surface area (Å²) in [6.45, 7) is 4.83. The van der Waals surface area contributed by atoms with E-state index < -0.39 is 0 Å². The summed E-state index contributed by atoms with van der Waals surface area (Å²) in [6.07, 6.45) is 3.89. The lowest BCUT2D eigenvalue weighted by Gasteiger charge is -2.13. The van der Waals surface area contributed by atoms with Crippen molar-refractivity contribution in [2.45, 2.75) is 26.8 Å². The van der Waals surface area contributed by atoms with Crippen LogP contribution in [0.1, 0.15) is 34.0 Å². The van der Waals surface area contributed by atoms with Gasteiger partial charge in [-0.2, -0.15) is 0 Å². The van der Waals surface area contributed by atoms with Crippen molar-refractivity contribution < 1.29 is 14.3 Å². The summed E-state index contributed by atoms with van der Waals surface area (Å²) in [5.74, 6) is 1.71. The van der Waals surface area contributed by atoms with Gasteiger partial charge in [-0.15, -0.1) is 0 Å². The molecule has 3 aromatic rings. The Kier molecular flexibility index (Phi) is 5.29. The number of carbonyl (C=O) groups excluding carboxylic acids is 1. The van der Waals surface area contributed by atoms with E-state index in [1.165, 1.54) is 12.4 Å². The maximum atomic E-state index is 12.6. The number of amides is 1. The van der Waals surface area contributed by atoms with Gasteiger partial charge >= 0.3 is 0 Å². The van der Waals surface area contributed by atoms with Crippen molar-refractivity contribution >= 4 is 17.5 Å². The minimum atomic E-state index is -0.226. The maximum absolute atomic E-state index is 12.6. The number of carbonyl (C=O) groups is 1. The quantitative estimate of drug-likeness (QED) is 0.663. The second kappa shape index (κ2) is 8.18. The molecule has 1 aliphatic heterocycles. The second-order valence-corrected chi connectivity index (χ2v) is 6.75. The van der Waals surface area contributed by atoms with Gasteiger partial charge in [-0.25, -0.2) is 9.97 Å². The Hall–Kier alpha value is -3.61. The van der Waals surface area contributed by atoms with Gasteiger partial charge in [-0.05, 0) is 42.2 Å². The molecule has 0 aliphatic carbocycles. The summed E-state index contributed by atoms with van der Waals surface area (Å²) >= 11 is 0. The Morgan fingerprint density at radius 2 is 1.90 bits per heavy atom. The SMILES string of the molecule is CCc1cccc(C)c1NC(=O)c1cnc(NCc2ccc3c(c2)OCO3)nc1. The molecular weight excluding hydrogens is 368 g/mol. The zero-order valence-corrected chi connectivity index (χ0v) is 16.4. The highest BCUT2D eigenvalue weighted by molar-refractivity contribution is 6.04. The molecule has 1 aliphatic rings. The van der Waals surface area contributed by atoms with Crippen LogP contribution >= 0.6 is 0 Å². The fourth-order valence-electron chi connectivity index (χ4n) is 3.16. The van der Waals surface area contributed by atoms with E-state index in [4.69, 9.17) is 9.47 Å². The average molecular weight is 390 g/mol. The normalized spacial score (nSPS) is 11.9. The maximum Gasteiger partial charge on any atom is 0.258 e. The first kappa shape index (κ1) is 18.7. The van der Waals surface area contributed by atoms with Gasteiger partial charge in [0.2, 0.25) is 12.7 Å². The number of nitrogens with one attached hydrogen (secondary N) is 2. The molecule has 1 aromatic heterocycles. The molecule has 7 heteroatoms. The highest BCUT2D eigenvalue weighted by Gasteiger charge is 2.14. The van der Waals surface area contributed by atoms with Crippen LogP contribution in [0.5, 0.6) is 11.5 Å². The van der Waals surface area contributed by atoms with E-state index in [-0.39, 0.29) is 12.7 Å². The number of aryl methyl sites for hydroxylation is 2. The Labute approximate surface area is 169 Å². The van der Waals surface area contributed by atoms with Gasteiger partial charge < -0.3 is 20.1 Å². The lowest BCUT2D eigenvalue weighted by atomic mass is 10.1. The first-order valence-electron chi connectivity index (χ1n) is 9.48. The Balaban J connectivity index is 1.39. The summed E-state index contributed by atoms with van der Waals surface area (Å²) in [6, 6.07) is 11.7. The monoisotopic (exact) mass is 390 g/mol. The average Bonchev–Trinajstić information content (AvgIpc) is 3.22. The van der Waals surface area contributed by atoms with Gasteiger partial charge in [-0.1, -0.05) is 31.2 Å². The summed E-state index contributed by atoms with van der Waals surface area (Å²) in [7, 11) is 0. The number of ether oxygens (including phenoxy) is 2. The molecule has 7 nitrogen and oxygen atoms in total. The van der Waals surface area contributed by atoms with Crippen molar-refractivity contribution in [1.29, 1.82) is 0 Å². The van der Waals surface area contributed by atoms with E-state index in [1.807, 2.05) is 43.3 Å². The second-order valence-electron chi connectivity index (χ2n) is 6.75. The predicted molar refractivity (Wildman–Crippen MR) is 110 cm³/mol. The lowest BCUT2D eigenvalue weighted by molar-refractivity contribution is 0.102. The summed E-state index contributed by atoms with van der Waals surface area (Å²) in [5.41, 5.74) is 4.40. The highest BCUT2D eigenvalue weighted by Crippen LogP contribution is 2.32. The molecule has 0 saturated carbocycles. The van der Waals surface area contributed by atoms with Crippen LogP contribution < -0.4 is 20.1 Å². The van der Waals surface area contributed by atoms with Crippen molar-refractivity contribution in [3.8, 4) is 11.5 Å². The van der Waals surface area contributed by atoms with Crippen molar-refractivity contribution in [3.05, 3.63) is 71.0 Å². The molecule has 2 aromatic carbocycles. The van der Waals surface area contributed by atoms with E-state index in [0.717, 1.165) is 40.3 Å². The molecule has 148 valence electrons. The van der Waals surface area contributed by atoms with Crippen LogP contribution in [-0.2, 0) is 13.0 Å². The molecule has 2 N–H and O–H groups in total. The minimum Gasteiger partial charge on any atom is -0.454 e. The van der Waals surface area contributed by atoms with Crippen molar-refractivity contribution in [3.63, 3.8) is 0 Å². The molecule has 0 unspecified atom stereocenters. The standard InChI is InChI=1S/C22H22N4O3/c1-3-16-6-4-5-14(2)20(16)26-21(27)17-11-24-22(25-12-17)23-10-15-7-8-18-19(9-15)29-13-28-18/h4-9,11-12H,3,10,13H2,1-2H3,(H,26,27)(H,23,24,25). The summed E-state index contributed by atoms with van der Waals surface area (Å²) in [5, 5.41) is 6.13. The molecule has 2 heterocycles. The number of hydrogen-bond acceptors (Lipinski definition) is 6. The lowest BCUT2D eigenvalue weighted by Crippen LogP contribution is -2.15. The topological polar surface area (TPSA) is 85.4 Å². The molecule has 4 rings (SSSR count). The Morgan fingerprint density at radius 1 is 1.10 bits per heavy atom. The molecular formula is C22H22N4O3. The smallest absolute Gasteiger partial charge is 0.258 e. The first-order valence-corrected chi connectivity index (χ1v) is 9.48. The number of anilines is 2. The first-order chi connectivity index (χ1) is 14.1. The largest absolute Gasteiger partial charge is 0.454 e. The van der Waals surface area contributed by atoms with Gasteiger partial charge in [0, 0.05) is 24.6 Å². The Bertz CT molecular complexity index is 1030. The third kappa shape index (κ3) is 4.13. The van der Waals surface area contributed by atoms with Gasteiger partial charge in [-0.3, -0.25) is 4.79 Å². The number of aromatic nitrogens is 2. The van der Waals surface area contributed by atoms with Crippen molar-refractivity contribution in [2.24, 2.45) is 0 Å². The van der Waals surface area contributed by atoms with E-state index in [0.29, 0.717) is 18.1 Å². The van der Waals surface area contributed by atoms with Gasteiger partial charge in [0.05, 0.1) is 5.56 Å².